The summed E-state index contributed by atoms with van der Waals surface area (Å²) in [5.74, 6) is 1.14. The molecule has 0 aliphatic carbocycles. The van der Waals surface area contributed by atoms with Crippen LogP contribution in [0, 0.1) is 4.77 Å². The van der Waals surface area contributed by atoms with Gasteiger partial charge in [0.1, 0.15) is 12.3 Å². The predicted octanol–water partition coefficient (Wildman–Crippen LogP) is 2.65. The van der Waals surface area contributed by atoms with Crippen LogP contribution in [0.15, 0.2) is 48.8 Å². The lowest BCUT2D eigenvalue weighted by atomic mass is 10.2. The highest BCUT2D eigenvalue weighted by Crippen LogP contribution is 2.21. The number of hydrogen-bond donors (Lipinski definition) is 2. The summed E-state index contributed by atoms with van der Waals surface area (Å²) in [6.45, 7) is 0.0546. The average molecular weight is 341 g/mol. The number of methoxy groups -OCH3 is 1. The van der Waals surface area contributed by atoms with Gasteiger partial charge in [-0.3, -0.25) is 19.4 Å². The Balaban J connectivity index is 1.82. The van der Waals surface area contributed by atoms with Crippen molar-refractivity contribution in [3.63, 3.8) is 0 Å². The molecule has 0 saturated carbocycles. The second-order valence-electron chi connectivity index (χ2n) is 4.95. The molecule has 1 aromatic carbocycles. The van der Waals surface area contributed by atoms with Crippen LogP contribution in [-0.4, -0.2) is 32.8 Å². The van der Waals surface area contributed by atoms with E-state index < -0.39 is 0 Å². The van der Waals surface area contributed by atoms with E-state index in [1.807, 2.05) is 24.3 Å². The van der Waals surface area contributed by atoms with Gasteiger partial charge in [0.05, 0.1) is 7.11 Å². The Kier molecular flexibility index (Phi) is 4.66. The molecule has 2 heterocycles. The Labute approximate surface area is 143 Å². The zero-order valence-corrected chi connectivity index (χ0v) is 13.7. The van der Waals surface area contributed by atoms with Crippen LogP contribution < -0.4 is 10.1 Å². The minimum atomic E-state index is -0.200. The van der Waals surface area contributed by atoms with Gasteiger partial charge in [-0.15, -0.1) is 0 Å². The van der Waals surface area contributed by atoms with Crippen molar-refractivity contribution in [2.24, 2.45) is 0 Å². The predicted molar refractivity (Wildman–Crippen MR) is 92.3 cm³/mol. The van der Waals surface area contributed by atoms with Crippen LogP contribution in [-0.2, 0) is 11.3 Å². The molecule has 0 spiro atoms. The Morgan fingerprint density at radius 3 is 2.62 bits per heavy atom. The van der Waals surface area contributed by atoms with E-state index in [0.29, 0.717) is 16.3 Å². The lowest BCUT2D eigenvalue weighted by molar-refractivity contribution is -0.116. The van der Waals surface area contributed by atoms with E-state index in [9.17, 15) is 4.79 Å². The average Bonchev–Trinajstić information content (AvgIpc) is 2.96. The van der Waals surface area contributed by atoms with Crippen LogP contribution in [0.5, 0.6) is 5.75 Å². The van der Waals surface area contributed by atoms with Gasteiger partial charge < -0.3 is 10.1 Å². The molecule has 0 unspecified atom stereocenters. The molecule has 1 amide bonds. The van der Waals surface area contributed by atoms with Crippen molar-refractivity contribution in [3.05, 3.63) is 53.6 Å². The van der Waals surface area contributed by atoms with Crippen LogP contribution >= 0.6 is 12.2 Å². The zero-order valence-electron chi connectivity index (χ0n) is 12.9. The number of benzene rings is 1. The van der Waals surface area contributed by atoms with Crippen LogP contribution in [0.1, 0.15) is 0 Å². The van der Waals surface area contributed by atoms with Crippen LogP contribution in [0.4, 0.5) is 5.69 Å². The number of H-pyrrole nitrogens is 1. The summed E-state index contributed by atoms with van der Waals surface area (Å²) in [4.78, 5) is 16.2. The minimum absolute atomic E-state index is 0.0546. The summed E-state index contributed by atoms with van der Waals surface area (Å²) in [7, 11) is 1.61. The second-order valence-corrected chi connectivity index (χ2v) is 5.34. The number of nitrogens with one attached hydrogen (secondary N) is 2. The Bertz CT molecular complexity index is 887. The van der Waals surface area contributed by atoms with Gasteiger partial charge in [0.25, 0.3) is 0 Å². The highest BCUT2D eigenvalue weighted by molar-refractivity contribution is 7.71. The molecule has 7 nitrogen and oxygen atoms in total. The second kappa shape index (κ2) is 7.05. The molecule has 0 fully saturated rings. The van der Waals surface area contributed by atoms with E-state index in [4.69, 9.17) is 17.0 Å². The molecule has 0 aliphatic heterocycles. The SMILES string of the molecule is COc1ccc(-c2n[nH]c(=S)n2CC(=O)Nc2ccncc2)cc1. The third-order valence-electron chi connectivity index (χ3n) is 3.37. The summed E-state index contributed by atoms with van der Waals surface area (Å²) in [5.41, 5.74) is 1.51. The number of ether oxygens (including phenoxy) is 1. The number of hydrogen-bond acceptors (Lipinski definition) is 5. The maximum Gasteiger partial charge on any atom is 0.244 e. The molecule has 0 aliphatic rings. The number of carbonyl (C=O) groups excluding carboxylic acids is 1. The van der Waals surface area contributed by atoms with Gasteiger partial charge in [0.2, 0.25) is 5.91 Å². The van der Waals surface area contributed by atoms with Crippen molar-refractivity contribution >= 4 is 23.8 Å². The van der Waals surface area contributed by atoms with Crippen LogP contribution in [0.25, 0.3) is 11.4 Å². The van der Waals surface area contributed by atoms with Gasteiger partial charge in [-0.2, -0.15) is 5.10 Å². The maximum atomic E-state index is 12.3. The highest BCUT2D eigenvalue weighted by Gasteiger charge is 2.12. The van der Waals surface area contributed by atoms with E-state index >= 15 is 0 Å². The van der Waals surface area contributed by atoms with Crippen molar-refractivity contribution in [2.75, 3.05) is 12.4 Å². The fourth-order valence-electron chi connectivity index (χ4n) is 2.20. The fraction of sp³-hybridized carbons (Fsp3) is 0.125. The lowest BCUT2D eigenvalue weighted by Crippen LogP contribution is -2.19. The van der Waals surface area contributed by atoms with Crippen molar-refractivity contribution in [1.29, 1.82) is 0 Å². The number of anilines is 1. The summed E-state index contributed by atoms with van der Waals surface area (Å²) >= 11 is 5.23. The zero-order chi connectivity index (χ0) is 16.9. The Morgan fingerprint density at radius 2 is 1.96 bits per heavy atom. The number of nitrogens with zero attached hydrogens (tertiary/aromatic N) is 3. The van der Waals surface area contributed by atoms with E-state index in [1.165, 1.54) is 0 Å². The van der Waals surface area contributed by atoms with Gasteiger partial charge in [0, 0.05) is 23.6 Å². The Hall–Kier alpha value is -3.00. The largest absolute Gasteiger partial charge is 0.497 e. The van der Waals surface area contributed by atoms with Crippen LogP contribution in [0.3, 0.4) is 0 Å². The molecule has 2 aromatic heterocycles. The molecule has 0 bridgehead atoms. The first-order valence-electron chi connectivity index (χ1n) is 7.17. The van der Waals surface area contributed by atoms with Gasteiger partial charge in [-0.25, -0.2) is 0 Å². The van der Waals surface area contributed by atoms with Gasteiger partial charge >= 0.3 is 0 Å². The van der Waals surface area contributed by atoms with Crippen molar-refractivity contribution in [3.8, 4) is 17.1 Å². The summed E-state index contributed by atoms with van der Waals surface area (Å²) in [6, 6.07) is 10.8. The minimum Gasteiger partial charge on any atom is -0.497 e. The number of carbonyl (C=O) groups is 1. The number of pyridine rings is 1. The van der Waals surface area contributed by atoms with Crippen LogP contribution in [0.2, 0.25) is 0 Å². The first-order valence-corrected chi connectivity index (χ1v) is 7.57. The molecule has 2 N–H and O–H groups in total. The maximum absolute atomic E-state index is 12.3. The molecule has 122 valence electrons. The van der Waals surface area contributed by atoms with E-state index in [1.54, 1.807) is 36.2 Å². The van der Waals surface area contributed by atoms with E-state index in [2.05, 4.69) is 20.5 Å². The van der Waals surface area contributed by atoms with Crippen molar-refractivity contribution < 1.29 is 9.53 Å². The van der Waals surface area contributed by atoms with E-state index in [-0.39, 0.29) is 12.5 Å². The van der Waals surface area contributed by atoms with Crippen molar-refractivity contribution in [1.82, 2.24) is 19.7 Å². The summed E-state index contributed by atoms with van der Waals surface area (Å²) in [5, 5.41) is 9.74. The Morgan fingerprint density at radius 1 is 1.25 bits per heavy atom. The standard InChI is InChI=1S/C16H15N5O2S/c1-23-13-4-2-11(3-5-13)15-19-20-16(24)21(15)10-14(22)18-12-6-8-17-9-7-12/h2-9H,10H2,1H3,(H,20,24)(H,17,18,22). The molecular formula is C16H15N5O2S. The fourth-order valence-corrected chi connectivity index (χ4v) is 2.40. The smallest absolute Gasteiger partial charge is 0.244 e. The molecule has 0 radical (unpaired) electrons. The van der Waals surface area contributed by atoms with Gasteiger partial charge in [-0.05, 0) is 48.6 Å². The molecule has 8 heteroatoms. The third kappa shape index (κ3) is 3.49. The number of aromatic amines is 1. The van der Waals surface area contributed by atoms with Gasteiger partial charge in [-0.1, -0.05) is 0 Å². The molecule has 0 atom stereocenters. The molecule has 3 rings (SSSR count). The highest BCUT2D eigenvalue weighted by atomic mass is 32.1. The number of aromatic nitrogens is 4. The molecule has 24 heavy (non-hydrogen) atoms. The quantitative estimate of drug-likeness (QED) is 0.697. The monoisotopic (exact) mass is 341 g/mol. The number of rotatable bonds is 5. The molecule has 3 aromatic rings. The van der Waals surface area contributed by atoms with Crippen molar-refractivity contribution in [2.45, 2.75) is 6.54 Å². The van der Waals surface area contributed by atoms with Gasteiger partial charge in [0.15, 0.2) is 10.6 Å². The first kappa shape index (κ1) is 15.9. The van der Waals surface area contributed by atoms with E-state index in [0.717, 1.165) is 11.3 Å². The molecule has 0 saturated heterocycles. The lowest BCUT2D eigenvalue weighted by Gasteiger charge is -2.08. The summed E-state index contributed by atoms with van der Waals surface area (Å²) < 4.78 is 7.17. The topological polar surface area (TPSA) is 84.8 Å². The summed E-state index contributed by atoms with van der Waals surface area (Å²) in [6.07, 6.45) is 3.23. The number of amides is 1. The normalized spacial score (nSPS) is 10.4. The third-order valence-corrected chi connectivity index (χ3v) is 3.68. The molecular weight excluding hydrogens is 326 g/mol. The first-order chi connectivity index (χ1) is 11.7.